The van der Waals surface area contributed by atoms with Crippen molar-refractivity contribution >= 4 is 11.6 Å². The number of nitrogens with zero attached hydrogens (tertiary/aromatic N) is 1. The van der Waals surface area contributed by atoms with Crippen LogP contribution in [0.3, 0.4) is 0 Å². The van der Waals surface area contributed by atoms with Crippen LogP contribution in [0.15, 0.2) is 0 Å². The highest BCUT2D eigenvalue weighted by molar-refractivity contribution is 6.17. The van der Waals surface area contributed by atoms with Crippen LogP contribution in [-0.4, -0.2) is 9.97 Å². The fourth-order valence-corrected chi connectivity index (χ4v) is 1.45. The Morgan fingerprint density at radius 3 is 2.33 bits per heavy atom. The topological polar surface area (TPSA) is 28.7 Å². The van der Waals surface area contributed by atoms with E-state index in [0.29, 0.717) is 5.88 Å². The number of H-pyrrole nitrogens is 1. The molecule has 1 aromatic heterocycles. The van der Waals surface area contributed by atoms with E-state index in [1.54, 1.807) is 0 Å². The van der Waals surface area contributed by atoms with Gasteiger partial charge in [0.2, 0.25) is 0 Å². The molecule has 0 aliphatic carbocycles. The molecule has 2 nitrogen and oxygen atoms in total. The number of nitrogens with one attached hydrogen (secondary N) is 1. The molecule has 0 unspecified atom stereocenters. The van der Waals surface area contributed by atoms with Crippen molar-refractivity contribution in [1.82, 2.24) is 9.97 Å². The number of alkyl halides is 1. The number of imidazole rings is 1. The molecule has 1 N–H and O–H groups in total. The zero-order chi connectivity index (χ0) is 9.35. The summed E-state index contributed by atoms with van der Waals surface area (Å²) < 4.78 is 0. The molecule has 0 aliphatic heterocycles. The summed E-state index contributed by atoms with van der Waals surface area (Å²) in [6.45, 7) is 8.36. The van der Waals surface area contributed by atoms with Crippen LogP contribution in [0.5, 0.6) is 0 Å². The molecule has 0 aliphatic rings. The van der Waals surface area contributed by atoms with Gasteiger partial charge in [-0.3, -0.25) is 0 Å². The van der Waals surface area contributed by atoms with Gasteiger partial charge in [0.05, 0.1) is 17.3 Å². The monoisotopic (exact) mass is 186 g/mol. The third-order valence-electron chi connectivity index (χ3n) is 1.74. The summed E-state index contributed by atoms with van der Waals surface area (Å²) in [5, 5.41) is 0. The predicted octanol–water partition coefficient (Wildman–Crippen LogP) is 2.75. The molecule has 0 spiro atoms. The summed E-state index contributed by atoms with van der Waals surface area (Å²) in [7, 11) is 0. The first kappa shape index (κ1) is 9.59. The van der Waals surface area contributed by atoms with Gasteiger partial charge in [0, 0.05) is 5.41 Å². The van der Waals surface area contributed by atoms with E-state index in [0.717, 1.165) is 17.2 Å². The minimum atomic E-state index is 0.0784. The summed E-state index contributed by atoms with van der Waals surface area (Å²) in [5.74, 6) is 1.45. The summed E-state index contributed by atoms with van der Waals surface area (Å²) in [5.41, 5.74) is 2.20. The van der Waals surface area contributed by atoms with E-state index in [4.69, 9.17) is 11.6 Å². The molecular weight excluding hydrogens is 172 g/mol. The maximum Gasteiger partial charge on any atom is 0.103 e. The lowest BCUT2D eigenvalue weighted by atomic mass is 9.91. The van der Waals surface area contributed by atoms with E-state index in [9.17, 15) is 0 Å². The Balaban J connectivity index is 3.13. The van der Waals surface area contributed by atoms with Crippen molar-refractivity contribution in [3.05, 3.63) is 17.2 Å². The molecular formula is C9H15ClN2. The first-order valence-corrected chi connectivity index (χ1v) is 4.60. The Bertz CT molecular complexity index is 271. The number of hydrogen-bond donors (Lipinski definition) is 1. The molecule has 0 aromatic carbocycles. The van der Waals surface area contributed by atoms with Crippen molar-refractivity contribution in [2.24, 2.45) is 0 Å². The summed E-state index contributed by atoms with van der Waals surface area (Å²) in [4.78, 5) is 7.57. The van der Waals surface area contributed by atoms with E-state index in [1.165, 1.54) is 0 Å². The Labute approximate surface area is 78.4 Å². The number of halogens is 1. The number of rotatable bonds is 1. The van der Waals surface area contributed by atoms with Crippen molar-refractivity contribution < 1.29 is 0 Å². The predicted molar refractivity (Wildman–Crippen MR) is 51.6 cm³/mol. The minimum Gasteiger partial charge on any atom is -0.345 e. The second kappa shape index (κ2) is 3.09. The molecule has 1 aromatic rings. The first-order chi connectivity index (χ1) is 5.45. The van der Waals surface area contributed by atoms with E-state index in [2.05, 4.69) is 30.7 Å². The van der Waals surface area contributed by atoms with Crippen LogP contribution in [0.25, 0.3) is 0 Å². The van der Waals surface area contributed by atoms with E-state index in [1.807, 2.05) is 6.92 Å². The molecule has 0 atom stereocenters. The maximum absolute atomic E-state index is 5.78. The van der Waals surface area contributed by atoms with Gasteiger partial charge in [-0.25, -0.2) is 4.98 Å². The molecule has 3 heteroatoms. The largest absolute Gasteiger partial charge is 0.345 e. The van der Waals surface area contributed by atoms with Gasteiger partial charge in [0.25, 0.3) is 0 Å². The first-order valence-electron chi connectivity index (χ1n) is 4.07. The standard InChI is InChI=1S/C9H15ClN2/c1-6-11-7(5-10)8(12-6)9(2,3)4/h5H2,1-4H3,(H,11,12). The van der Waals surface area contributed by atoms with Gasteiger partial charge in [0.15, 0.2) is 0 Å². The molecule has 1 heterocycles. The number of aromatic nitrogens is 2. The Kier molecular flexibility index (Phi) is 2.47. The number of hydrogen-bond acceptors (Lipinski definition) is 1. The lowest BCUT2D eigenvalue weighted by molar-refractivity contribution is 0.566. The molecule has 0 fully saturated rings. The molecule has 12 heavy (non-hydrogen) atoms. The van der Waals surface area contributed by atoms with Crippen LogP contribution < -0.4 is 0 Å². The van der Waals surface area contributed by atoms with Crippen molar-refractivity contribution in [3.63, 3.8) is 0 Å². The van der Waals surface area contributed by atoms with Gasteiger partial charge in [-0.15, -0.1) is 11.6 Å². The smallest absolute Gasteiger partial charge is 0.103 e. The molecule has 68 valence electrons. The lowest BCUT2D eigenvalue weighted by Crippen LogP contribution is -2.13. The average Bonchev–Trinajstić information content (AvgIpc) is 2.29. The van der Waals surface area contributed by atoms with Crippen LogP contribution in [0.2, 0.25) is 0 Å². The second-order valence-electron chi connectivity index (χ2n) is 4.03. The van der Waals surface area contributed by atoms with Crippen LogP contribution in [0.4, 0.5) is 0 Å². The normalized spacial score (nSPS) is 12.1. The zero-order valence-electron chi connectivity index (χ0n) is 8.03. The van der Waals surface area contributed by atoms with E-state index < -0.39 is 0 Å². The number of aromatic amines is 1. The molecule has 0 bridgehead atoms. The van der Waals surface area contributed by atoms with Gasteiger partial charge in [-0.2, -0.15) is 0 Å². The van der Waals surface area contributed by atoms with E-state index >= 15 is 0 Å². The van der Waals surface area contributed by atoms with Crippen LogP contribution in [0.1, 0.15) is 38.0 Å². The Morgan fingerprint density at radius 1 is 1.42 bits per heavy atom. The van der Waals surface area contributed by atoms with Gasteiger partial charge >= 0.3 is 0 Å². The molecule has 0 saturated heterocycles. The lowest BCUT2D eigenvalue weighted by Gasteiger charge is -2.16. The van der Waals surface area contributed by atoms with Gasteiger partial charge in [-0.05, 0) is 6.92 Å². The summed E-state index contributed by atoms with van der Waals surface area (Å²) in [6, 6.07) is 0. The Hall–Kier alpha value is -0.500. The van der Waals surface area contributed by atoms with Gasteiger partial charge < -0.3 is 4.98 Å². The van der Waals surface area contributed by atoms with Crippen molar-refractivity contribution in [2.45, 2.75) is 39.0 Å². The molecule has 0 radical (unpaired) electrons. The molecule has 0 amide bonds. The SMILES string of the molecule is Cc1nc(C(C)(C)C)c(CCl)[nH]1. The highest BCUT2D eigenvalue weighted by Gasteiger charge is 2.21. The van der Waals surface area contributed by atoms with Crippen molar-refractivity contribution in [1.29, 1.82) is 0 Å². The second-order valence-corrected chi connectivity index (χ2v) is 4.30. The maximum atomic E-state index is 5.78. The number of aryl methyl sites for hydroxylation is 1. The zero-order valence-corrected chi connectivity index (χ0v) is 8.79. The third-order valence-corrected chi connectivity index (χ3v) is 2.01. The van der Waals surface area contributed by atoms with Crippen LogP contribution in [-0.2, 0) is 11.3 Å². The summed E-state index contributed by atoms with van der Waals surface area (Å²) >= 11 is 5.78. The van der Waals surface area contributed by atoms with Gasteiger partial charge in [0.1, 0.15) is 5.82 Å². The fourth-order valence-electron chi connectivity index (χ4n) is 1.26. The summed E-state index contributed by atoms with van der Waals surface area (Å²) in [6.07, 6.45) is 0. The highest BCUT2D eigenvalue weighted by atomic mass is 35.5. The van der Waals surface area contributed by atoms with Crippen molar-refractivity contribution in [2.75, 3.05) is 0 Å². The van der Waals surface area contributed by atoms with Crippen molar-refractivity contribution in [3.8, 4) is 0 Å². The minimum absolute atomic E-state index is 0.0784. The highest BCUT2D eigenvalue weighted by Crippen LogP contribution is 2.24. The molecule has 0 saturated carbocycles. The Morgan fingerprint density at radius 2 is 2.00 bits per heavy atom. The van der Waals surface area contributed by atoms with Gasteiger partial charge in [-0.1, -0.05) is 20.8 Å². The quantitative estimate of drug-likeness (QED) is 0.672. The van der Waals surface area contributed by atoms with Crippen LogP contribution in [0, 0.1) is 6.92 Å². The third kappa shape index (κ3) is 1.81. The van der Waals surface area contributed by atoms with E-state index in [-0.39, 0.29) is 5.41 Å². The molecule has 1 rings (SSSR count). The average molecular weight is 187 g/mol. The van der Waals surface area contributed by atoms with Crippen LogP contribution >= 0.6 is 11.6 Å². The fraction of sp³-hybridized carbons (Fsp3) is 0.667.